The van der Waals surface area contributed by atoms with Crippen LogP contribution in [0.25, 0.3) is 0 Å². The molecule has 0 saturated carbocycles. The summed E-state index contributed by atoms with van der Waals surface area (Å²) >= 11 is 0. The number of carbonyl (C=O) groups is 2. The minimum atomic E-state index is -0.190. The molecular formula is C25H31N3O4. The van der Waals surface area contributed by atoms with Crippen molar-refractivity contribution in [3.8, 4) is 11.5 Å². The van der Waals surface area contributed by atoms with Crippen LogP contribution in [0, 0.1) is 0 Å². The highest BCUT2D eigenvalue weighted by atomic mass is 16.5. The number of methoxy groups -OCH3 is 1. The van der Waals surface area contributed by atoms with Gasteiger partial charge in [-0.1, -0.05) is 39.0 Å². The Morgan fingerprint density at radius 1 is 1.03 bits per heavy atom. The van der Waals surface area contributed by atoms with Gasteiger partial charge in [0.2, 0.25) is 5.91 Å². The highest BCUT2D eigenvalue weighted by Crippen LogP contribution is 2.36. The molecule has 0 unspecified atom stereocenters. The lowest BCUT2D eigenvalue weighted by Gasteiger charge is -2.38. The molecule has 2 aliphatic heterocycles. The number of rotatable bonds is 4. The molecular weight excluding hydrogens is 406 g/mol. The molecule has 2 amide bonds. The molecule has 2 heterocycles. The van der Waals surface area contributed by atoms with Gasteiger partial charge in [-0.2, -0.15) is 0 Å². The summed E-state index contributed by atoms with van der Waals surface area (Å²) in [7, 11) is 1.67. The van der Waals surface area contributed by atoms with E-state index in [2.05, 4.69) is 25.7 Å². The minimum absolute atomic E-state index is 0.0252. The maximum absolute atomic E-state index is 13.1. The number of para-hydroxylation sites is 2. The van der Waals surface area contributed by atoms with Gasteiger partial charge in [0.05, 0.1) is 18.5 Å². The number of fused-ring (bicyclic) bond motifs is 1. The van der Waals surface area contributed by atoms with Crippen LogP contribution in [0.5, 0.6) is 11.5 Å². The van der Waals surface area contributed by atoms with E-state index in [0.29, 0.717) is 37.6 Å². The molecule has 0 aliphatic carbocycles. The molecule has 0 radical (unpaired) electrons. The van der Waals surface area contributed by atoms with E-state index in [-0.39, 0.29) is 30.4 Å². The molecule has 2 aliphatic rings. The standard InChI is InChI=1S/C25H31N3O4/c1-25(2,3)18-9-10-22-20(15-18)28(24(30)17-32-22)16-23(29)27-13-11-26(12-14-27)19-7-5-6-8-21(19)31-4/h5-10,15H,11-14,16-17H2,1-4H3. The topological polar surface area (TPSA) is 62.3 Å². The van der Waals surface area contributed by atoms with E-state index in [4.69, 9.17) is 9.47 Å². The van der Waals surface area contributed by atoms with Crippen molar-refractivity contribution < 1.29 is 19.1 Å². The Kier molecular flexibility index (Phi) is 6.00. The fourth-order valence-corrected chi connectivity index (χ4v) is 4.17. The molecule has 4 rings (SSSR count). The van der Waals surface area contributed by atoms with E-state index in [1.165, 1.54) is 0 Å². The highest BCUT2D eigenvalue weighted by Gasteiger charge is 2.31. The van der Waals surface area contributed by atoms with Crippen molar-refractivity contribution in [3.05, 3.63) is 48.0 Å². The fourth-order valence-electron chi connectivity index (χ4n) is 4.17. The Labute approximate surface area is 189 Å². The summed E-state index contributed by atoms with van der Waals surface area (Å²) in [6, 6.07) is 13.8. The summed E-state index contributed by atoms with van der Waals surface area (Å²) in [5.74, 6) is 1.24. The monoisotopic (exact) mass is 437 g/mol. The molecule has 1 saturated heterocycles. The molecule has 1 fully saturated rings. The Bertz CT molecular complexity index is 1010. The second-order valence-electron chi connectivity index (χ2n) is 9.24. The Hall–Kier alpha value is -3.22. The second kappa shape index (κ2) is 8.73. The van der Waals surface area contributed by atoms with Crippen LogP contribution in [0.1, 0.15) is 26.3 Å². The van der Waals surface area contributed by atoms with E-state index in [0.717, 1.165) is 17.0 Å². The van der Waals surface area contributed by atoms with Crippen LogP contribution in [0.15, 0.2) is 42.5 Å². The molecule has 170 valence electrons. The van der Waals surface area contributed by atoms with Gasteiger partial charge in [0.15, 0.2) is 6.61 Å². The SMILES string of the molecule is COc1ccccc1N1CCN(C(=O)CN2C(=O)COc3ccc(C(C)(C)C)cc32)CC1. The van der Waals surface area contributed by atoms with Crippen molar-refractivity contribution in [2.75, 3.05) is 56.2 Å². The first kappa shape index (κ1) is 22.0. The number of amides is 2. The van der Waals surface area contributed by atoms with Crippen LogP contribution in [0.4, 0.5) is 11.4 Å². The van der Waals surface area contributed by atoms with Crippen LogP contribution < -0.4 is 19.3 Å². The summed E-state index contributed by atoms with van der Waals surface area (Å²) in [4.78, 5) is 31.4. The molecule has 7 nitrogen and oxygen atoms in total. The number of carbonyl (C=O) groups excluding carboxylic acids is 2. The van der Waals surface area contributed by atoms with E-state index in [1.807, 2.05) is 47.4 Å². The maximum Gasteiger partial charge on any atom is 0.265 e. The molecule has 2 aromatic rings. The number of piperazine rings is 1. The van der Waals surface area contributed by atoms with Gasteiger partial charge in [-0.05, 0) is 35.2 Å². The Morgan fingerprint density at radius 3 is 2.44 bits per heavy atom. The van der Waals surface area contributed by atoms with Crippen molar-refractivity contribution in [2.24, 2.45) is 0 Å². The third-order valence-electron chi connectivity index (χ3n) is 6.12. The lowest BCUT2D eigenvalue weighted by atomic mass is 9.86. The van der Waals surface area contributed by atoms with Crippen molar-refractivity contribution in [2.45, 2.75) is 26.2 Å². The second-order valence-corrected chi connectivity index (χ2v) is 9.24. The molecule has 0 bridgehead atoms. The van der Waals surface area contributed by atoms with Gasteiger partial charge in [-0.15, -0.1) is 0 Å². The molecule has 2 aromatic carbocycles. The van der Waals surface area contributed by atoms with Crippen LogP contribution in [0.2, 0.25) is 0 Å². The summed E-state index contributed by atoms with van der Waals surface area (Å²) in [6.45, 7) is 8.98. The summed E-state index contributed by atoms with van der Waals surface area (Å²) in [6.07, 6.45) is 0. The minimum Gasteiger partial charge on any atom is -0.495 e. The number of anilines is 2. The van der Waals surface area contributed by atoms with Gasteiger partial charge in [0, 0.05) is 26.2 Å². The van der Waals surface area contributed by atoms with E-state index in [1.54, 1.807) is 12.0 Å². The summed E-state index contributed by atoms with van der Waals surface area (Å²) < 4.78 is 11.1. The van der Waals surface area contributed by atoms with Crippen molar-refractivity contribution in [1.29, 1.82) is 0 Å². The van der Waals surface area contributed by atoms with Gasteiger partial charge in [-0.25, -0.2) is 0 Å². The Balaban J connectivity index is 1.45. The zero-order valence-corrected chi connectivity index (χ0v) is 19.3. The number of ether oxygens (including phenoxy) is 2. The van der Waals surface area contributed by atoms with Crippen LogP contribution in [-0.4, -0.2) is 63.2 Å². The zero-order chi connectivity index (χ0) is 22.9. The van der Waals surface area contributed by atoms with Crippen LogP contribution >= 0.6 is 0 Å². The Morgan fingerprint density at radius 2 is 1.75 bits per heavy atom. The molecule has 0 atom stereocenters. The summed E-state index contributed by atoms with van der Waals surface area (Å²) in [5, 5.41) is 0. The normalized spacial score (nSPS) is 16.5. The first-order chi connectivity index (χ1) is 15.3. The van der Waals surface area contributed by atoms with E-state index >= 15 is 0 Å². The van der Waals surface area contributed by atoms with Crippen molar-refractivity contribution in [1.82, 2.24) is 4.90 Å². The third kappa shape index (κ3) is 4.38. The van der Waals surface area contributed by atoms with Gasteiger partial charge in [0.25, 0.3) is 5.91 Å². The highest BCUT2D eigenvalue weighted by molar-refractivity contribution is 6.02. The molecule has 0 aromatic heterocycles. The molecule has 32 heavy (non-hydrogen) atoms. The van der Waals surface area contributed by atoms with Crippen LogP contribution in [0.3, 0.4) is 0 Å². The van der Waals surface area contributed by atoms with Gasteiger partial charge < -0.3 is 19.3 Å². The molecule has 7 heteroatoms. The quantitative estimate of drug-likeness (QED) is 0.736. The smallest absolute Gasteiger partial charge is 0.265 e. The van der Waals surface area contributed by atoms with Gasteiger partial charge >= 0.3 is 0 Å². The fraction of sp³-hybridized carbons (Fsp3) is 0.440. The lowest BCUT2D eigenvalue weighted by Crippen LogP contribution is -2.53. The maximum atomic E-state index is 13.1. The molecule has 0 spiro atoms. The predicted molar refractivity (Wildman–Crippen MR) is 125 cm³/mol. The average molecular weight is 438 g/mol. The van der Waals surface area contributed by atoms with Crippen LogP contribution in [-0.2, 0) is 15.0 Å². The van der Waals surface area contributed by atoms with Crippen molar-refractivity contribution >= 4 is 23.2 Å². The number of benzene rings is 2. The van der Waals surface area contributed by atoms with Gasteiger partial charge in [0.1, 0.15) is 18.0 Å². The number of hydrogen-bond acceptors (Lipinski definition) is 5. The third-order valence-corrected chi connectivity index (χ3v) is 6.12. The lowest BCUT2D eigenvalue weighted by molar-refractivity contribution is -0.132. The van der Waals surface area contributed by atoms with E-state index < -0.39 is 0 Å². The largest absolute Gasteiger partial charge is 0.495 e. The predicted octanol–water partition coefficient (Wildman–Crippen LogP) is 3.07. The first-order valence-electron chi connectivity index (χ1n) is 11.0. The average Bonchev–Trinajstić information content (AvgIpc) is 2.80. The number of nitrogens with zero attached hydrogens (tertiary/aromatic N) is 3. The van der Waals surface area contributed by atoms with Gasteiger partial charge in [-0.3, -0.25) is 14.5 Å². The zero-order valence-electron chi connectivity index (χ0n) is 19.3. The van der Waals surface area contributed by atoms with E-state index in [9.17, 15) is 9.59 Å². The molecule has 0 N–H and O–H groups in total. The first-order valence-corrected chi connectivity index (χ1v) is 11.0. The summed E-state index contributed by atoms with van der Waals surface area (Å²) in [5.41, 5.74) is 2.74. The number of hydrogen-bond donors (Lipinski definition) is 0. The van der Waals surface area contributed by atoms with Crippen molar-refractivity contribution in [3.63, 3.8) is 0 Å².